The van der Waals surface area contributed by atoms with E-state index in [4.69, 9.17) is 4.98 Å². The fraction of sp³-hybridized carbons (Fsp3) is 0. The van der Waals surface area contributed by atoms with Crippen molar-refractivity contribution in [2.75, 3.05) is 0 Å². The first kappa shape index (κ1) is 20.5. The molecule has 0 saturated heterocycles. The minimum absolute atomic E-state index is 0.808. The van der Waals surface area contributed by atoms with Gasteiger partial charge in [0, 0.05) is 44.6 Å². The Morgan fingerprint density at radius 2 is 1.15 bits per heavy atom. The van der Waals surface area contributed by atoms with E-state index in [0.717, 1.165) is 48.8 Å². The summed E-state index contributed by atoms with van der Waals surface area (Å²) < 4.78 is 14.7. The van der Waals surface area contributed by atoms with Gasteiger partial charge in [-0.3, -0.25) is 9.97 Å². The van der Waals surface area contributed by atoms with E-state index in [9.17, 15) is 4.57 Å². The Bertz CT molecular complexity index is 1640. The van der Waals surface area contributed by atoms with Gasteiger partial charge in [0.1, 0.15) is 0 Å². The SMILES string of the molecule is O=P(c1ccccc1)(c1ccccc1)c1cccc(-c2cnc3c(ccc4cccnc43)c2)c1. The van der Waals surface area contributed by atoms with Crippen molar-refractivity contribution in [2.45, 2.75) is 0 Å². The summed E-state index contributed by atoms with van der Waals surface area (Å²) in [6.45, 7) is 0. The van der Waals surface area contributed by atoms with Crippen molar-refractivity contribution in [3.8, 4) is 11.1 Å². The van der Waals surface area contributed by atoms with Crippen LogP contribution in [0.25, 0.3) is 32.9 Å². The lowest BCUT2D eigenvalue weighted by atomic mass is 10.0. The van der Waals surface area contributed by atoms with Crippen LogP contribution >= 0.6 is 7.14 Å². The van der Waals surface area contributed by atoms with E-state index in [1.54, 1.807) is 6.20 Å². The summed E-state index contributed by atoms with van der Waals surface area (Å²) in [6, 6.07) is 37.8. The third-order valence-corrected chi connectivity index (χ3v) is 9.26. The zero-order valence-corrected chi connectivity index (χ0v) is 19.3. The van der Waals surface area contributed by atoms with Crippen molar-refractivity contribution in [1.82, 2.24) is 9.97 Å². The molecule has 0 N–H and O–H groups in total. The quantitative estimate of drug-likeness (QED) is 0.238. The maximum absolute atomic E-state index is 14.7. The van der Waals surface area contributed by atoms with Gasteiger partial charge in [-0.25, -0.2) is 0 Å². The Labute approximate surface area is 198 Å². The highest BCUT2D eigenvalue weighted by Crippen LogP contribution is 2.43. The van der Waals surface area contributed by atoms with Crippen molar-refractivity contribution in [3.63, 3.8) is 0 Å². The number of rotatable bonds is 4. The molecule has 4 heteroatoms. The van der Waals surface area contributed by atoms with E-state index in [0.29, 0.717) is 0 Å². The predicted molar refractivity (Wildman–Crippen MR) is 142 cm³/mol. The normalized spacial score (nSPS) is 11.6. The minimum atomic E-state index is -3.03. The minimum Gasteiger partial charge on any atom is -0.309 e. The summed E-state index contributed by atoms with van der Waals surface area (Å²) in [7, 11) is -3.03. The van der Waals surface area contributed by atoms with Crippen LogP contribution in [-0.2, 0) is 4.57 Å². The molecule has 0 spiro atoms. The molecule has 0 unspecified atom stereocenters. The fourth-order valence-electron chi connectivity index (χ4n) is 4.50. The van der Waals surface area contributed by atoms with E-state index >= 15 is 0 Å². The van der Waals surface area contributed by atoms with Gasteiger partial charge >= 0.3 is 0 Å². The van der Waals surface area contributed by atoms with Crippen molar-refractivity contribution >= 4 is 44.9 Å². The molecule has 6 aromatic rings. The van der Waals surface area contributed by atoms with Crippen LogP contribution in [0.1, 0.15) is 0 Å². The van der Waals surface area contributed by atoms with Crippen LogP contribution in [0.15, 0.2) is 128 Å². The van der Waals surface area contributed by atoms with Crippen molar-refractivity contribution < 1.29 is 4.57 Å². The lowest BCUT2D eigenvalue weighted by molar-refractivity contribution is 0.592. The predicted octanol–water partition coefficient (Wildman–Crippen LogP) is 6.09. The van der Waals surface area contributed by atoms with E-state index in [1.165, 1.54) is 0 Å². The third-order valence-electron chi connectivity index (χ3n) is 6.21. The van der Waals surface area contributed by atoms with Gasteiger partial charge in [0.2, 0.25) is 0 Å². The smallest absolute Gasteiger partial charge is 0.171 e. The zero-order chi connectivity index (χ0) is 23.0. The molecule has 0 saturated carbocycles. The number of nitrogens with zero attached hydrogens (tertiary/aromatic N) is 2. The van der Waals surface area contributed by atoms with Gasteiger partial charge in [0.25, 0.3) is 0 Å². The molecular weight excluding hydrogens is 435 g/mol. The fourth-order valence-corrected chi connectivity index (χ4v) is 7.19. The largest absolute Gasteiger partial charge is 0.309 e. The maximum Gasteiger partial charge on any atom is 0.171 e. The van der Waals surface area contributed by atoms with Gasteiger partial charge < -0.3 is 4.57 Å². The molecule has 162 valence electrons. The molecule has 0 aliphatic heterocycles. The highest BCUT2D eigenvalue weighted by atomic mass is 31.2. The summed E-state index contributed by atoms with van der Waals surface area (Å²) in [5.74, 6) is 0. The first-order chi connectivity index (χ1) is 16.7. The first-order valence-electron chi connectivity index (χ1n) is 11.2. The summed E-state index contributed by atoms with van der Waals surface area (Å²) in [5, 5.41) is 4.56. The zero-order valence-electron chi connectivity index (χ0n) is 18.4. The Morgan fingerprint density at radius 3 is 1.88 bits per heavy atom. The van der Waals surface area contributed by atoms with Crippen LogP contribution in [0, 0.1) is 0 Å². The van der Waals surface area contributed by atoms with Gasteiger partial charge in [-0.2, -0.15) is 0 Å². The molecule has 0 amide bonds. The lowest BCUT2D eigenvalue weighted by Crippen LogP contribution is -2.25. The van der Waals surface area contributed by atoms with Crippen LogP contribution in [0.2, 0.25) is 0 Å². The van der Waals surface area contributed by atoms with Crippen LogP contribution in [0.3, 0.4) is 0 Å². The first-order valence-corrected chi connectivity index (χ1v) is 12.9. The van der Waals surface area contributed by atoms with Crippen LogP contribution < -0.4 is 15.9 Å². The number of hydrogen-bond acceptors (Lipinski definition) is 3. The topological polar surface area (TPSA) is 42.9 Å². The van der Waals surface area contributed by atoms with Crippen molar-refractivity contribution in [2.24, 2.45) is 0 Å². The summed E-state index contributed by atoms with van der Waals surface area (Å²) in [4.78, 5) is 9.29. The second kappa shape index (κ2) is 8.37. The molecule has 0 atom stereocenters. The second-order valence-electron chi connectivity index (χ2n) is 8.27. The molecular formula is C30H21N2OP. The molecule has 3 nitrogen and oxygen atoms in total. The maximum atomic E-state index is 14.7. The van der Waals surface area contributed by atoms with Crippen LogP contribution in [-0.4, -0.2) is 9.97 Å². The van der Waals surface area contributed by atoms with E-state index in [1.807, 2.05) is 103 Å². The average Bonchev–Trinajstić information content (AvgIpc) is 2.93. The molecule has 0 aliphatic carbocycles. The number of aromatic nitrogens is 2. The molecule has 34 heavy (non-hydrogen) atoms. The van der Waals surface area contributed by atoms with Gasteiger partial charge in [0.05, 0.1) is 11.0 Å². The Morgan fingerprint density at radius 1 is 0.500 bits per heavy atom. The van der Waals surface area contributed by atoms with Gasteiger partial charge in [0.15, 0.2) is 7.14 Å². The van der Waals surface area contributed by atoms with Crippen molar-refractivity contribution in [1.29, 1.82) is 0 Å². The summed E-state index contributed by atoms with van der Waals surface area (Å²) in [5.41, 5.74) is 3.76. The molecule has 0 bridgehead atoms. The molecule has 0 radical (unpaired) electrons. The lowest BCUT2D eigenvalue weighted by Gasteiger charge is -2.20. The van der Waals surface area contributed by atoms with E-state index in [-0.39, 0.29) is 0 Å². The van der Waals surface area contributed by atoms with Gasteiger partial charge in [-0.1, -0.05) is 97.1 Å². The van der Waals surface area contributed by atoms with Crippen molar-refractivity contribution in [3.05, 3.63) is 128 Å². The Hall–Kier alpha value is -4.07. The number of pyridine rings is 2. The Balaban J connectivity index is 1.51. The Kier molecular flexibility index (Phi) is 5.05. The molecule has 0 aliphatic rings. The second-order valence-corrected chi connectivity index (χ2v) is 11.0. The number of hydrogen-bond donors (Lipinski definition) is 0. The highest BCUT2D eigenvalue weighted by Gasteiger charge is 2.29. The van der Waals surface area contributed by atoms with E-state index < -0.39 is 7.14 Å². The third kappa shape index (κ3) is 3.42. The summed E-state index contributed by atoms with van der Waals surface area (Å²) >= 11 is 0. The van der Waals surface area contributed by atoms with Gasteiger partial charge in [-0.05, 0) is 23.8 Å². The highest BCUT2D eigenvalue weighted by molar-refractivity contribution is 7.85. The number of fused-ring (bicyclic) bond motifs is 3. The number of benzene rings is 4. The standard InChI is InChI=1S/C30H21N2OP/c33-34(26-11-3-1-4-12-26,27-13-5-2-6-14-27)28-15-7-9-23(20-28)25-19-24-17-16-22-10-8-18-31-29(22)30(24)32-21-25/h1-21H. The molecule has 0 fully saturated rings. The average molecular weight is 456 g/mol. The summed E-state index contributed by atoms with van der Waals surface area (Å²) in [6.07, 6.45) is 3.68. The molecule has 4 aromatic carbocycles. The monoisotopic (exact) mass is 456 g/mol. The molecule has 6 rings (SSSR count). The molecule has 2 aromatic heterocycles. The van der Waals surface area contributed by atoms with Gasteiger partial charge in [-0.15, -0.1) is 0 Å². The van der Waals surface area contributed by atoms with Crippen LogP contribution in [0.4, 0.5) is 0 Å². The van der Waals surface area contributed by atoms with Crippen LogP contribution in [0.5, 0.6) is 0 Å². The van der Waals surface area contributed by atoms with E-state index in [2.05, 4.69) is 23.2 Å². The molecule has 2 heterocycles.